The number of imidazole rings is 2. The Morgan fingerprint density at radius 1 is 0.807 bits per heavy atom. The number of nitrogens with one attached hydrogen (secondary N) is 4. The average Bonchev–Trinajstić information content (AvgIpc) is 4.05. The molecule has 2 aliphatic rings. The lowest BCUT2D eigenvalue weighted by molar-refractivity contribution is -0.136. The largest absolute Gasteiger partial charge is 0.453 e. The van der Waals surface area contributed by atoms with Gasteiger partial charge in [-0.25, -0.2) is 29.5 Å². The Bertz CT molecular complexity index is 2530. The quantitative estimate of drug-likeness (QED) is 0.128. The fraction of sp³-hybridized carbons (Fsp3) is 0.450. The first-order chi connectivity index (χ1) is 27.4. The van der Waals surface area contributed by atoms with Crippen LogP contribution in [0.25, 0.3) is 53.8 Å². The lowest BCUT2D eigenvalue weighted by Gasteiger charge is -2.29. The summed E-state index contributed by atoms with van der Waals surface area (Å²) < 4.78 is 10.5. The summed E-state index contributed by atoms with van der Waals surface area (Å²) in [6, 6.07) is 8.15. The summed E-state index contributed by atoms with van der Waals surface area (Å²) in [6.07, 6.45) is 3.67. The number of aromatic amines is 2. The van der Waals surface area contributed by atoms with E-state index in [-0.39, 0.29) is 35.7 Å². The summed E-state index contributed by atoms with van der Waals surface area (Å²) >= 11 is 1.56. The van der Waals surface area contributed by atoms with E-state index in [1.807, 2.05) is 63.1 Å². The van der Waals surface area contributed by atoms with Crippen LogP contribution in [0, 0.1) is 11.8 Å². The molecule has 0 radical (unpaired) electrons. The second kappa shape index (κ2) is 15.2. The van der Waals surface area contributed by atoms with Crippen LogP contribution in [0.2, 0.25) is 0 Å². The van der Waals surface area contributed by atoms with E-state index >= 15 is 0 Å². The van der Waals surface area contributed by atoms with Crippen LogP contribution in [-0.4, -0.2) is 103 Å². The fourth-order valence-corrected chi connectivity index (χ4v) is 9.18. The summed E-state index contributed by atoms with van der Waals surface area (Å²) in [5, 5.41) is 8.10. The van der Waals surface area contributed by atoms with E-state index in [9.17, 15) is 19.2 Å². The number of rotatable bonds is 9. The molecular formula is C40H46N10O6S. The number of thiazole rings is 1. The molecule has 6 heterocycles. The Labute approximate surface area is 332 Å². The van der Waals surface area contributed by atoms with Gasteiger partial charge in [-0.2, -0.15) is 0 Å². The van der Waals surface area contributed by atoms with Crippen molar-refractivity contribution in [3.05, 3.63) is 48.2 Å². The third-order valence-electron chi connectivity index (χ3n) is 11.1. The number of H-pyrrole nitrogens is 2. The number of alkyl carbamates (subject to hydrolysis) is 2. The first-order valence-electron chi connectivity index (χ1n) is 19.3. The molecule has 2 saturated heterocycles. The van der Waals surface area contributed by atoms with Gasteiger partial charge in [0.15, 0.2) is 5.65 Å². The Morgan fingerprint density at radius 3 is 2.02 bits per heavy atom. The maximum Gasteiger partial charge on any atom is 0.407 e. The number of nitrogens with zero attached hydrogens (tertiary/aromatic N) is 6. The van der Waals surface area contributed by atoms with Gasteiger partial charge in [-0.05, 0) is 55.7 Å². The molecule has 2 aromatic carbocycles. The normalized spacial score (nSPS) is 18.3. The molecule has 17 heteroatoms. The molecule has 0 bridgehead atoms. The van der Waals surface area contributed by atoms with E-state index in [0.29, 0.717) is 30.4 Å². The topological polar surface area (TPSA) is 200 Å². The minimum atomic E-state index is -0.720. The molecule has 0 unspecified atom stereocenters. The number of methoxy groups -OCH3 is 2. The van der Waals surface area contributed by atoms with Crippen LogP contribution in [0.15, 0.2) is 36.5 Å². The van der Waals surface area contributed by atoms with Crippen molar-refractivity contribution in [2.75, 3.05) is 27.3 Å². The molecule has 0 aliphatic carbocycles. The molecule has 4 atom stereocenters. The van der Waals surface area contributed by atoms with E-state index in [4.69, 9.17) is 29.4 Å². The summed E-state index contributed by atoms with van der Waals surface area (Å²) in [5.41, 5.74) is 4.78. The Balaban J connectivity index is 1.06. The van der Waals surface area contributed by atoms with Crippen molar-refractivity contribution in [1.82, 2.24) is 50.3 Å². The second-order valence-electron chi connectivity index (χ2n) is 15.4. The van der Waals surface area contributed by atoms with Gasteiger partial charge in [-0.1, -0.05) is 39.8 Å². The monoisotopic (exact) mass is 794 g/mol. The first-order valence-corrected chi connectivity index (χ1v) is 20.1. The fourth-order valence-electron chi connectivity index (χ4n) is 8.13. The zero-order valence-electron chi connectivity index (χ0n) is 32.7. The van der Waals surface area contributed by atoms with Gasteiger partial charge in [-0.3, -0.25) is 9.59 Å². The van der Waals surface area contributed by atoms with Crippen LogP contribution in [-0.2, 0) is 19.1 Å². The van der Waals surface area contributed by atoms with Crippen molar-refractivity contribution in [2.45, 2.75) is 77.5 Å². The number of amides is 4. The van der Waals surface area contributed by atoms with Crippen LogP contribution in [0.3, 0.4) is 0 Å². The summed E-state index contributed by atoms with van der Waals surface area (Å²) in [6.45, 7) is 8.72. The van der Waals surface area contributed by atoms with Crippen molar-refractivity contribution in [3.63, 3.8) is 0 Å². The van der Waals surface area contributed by atoms with E-state index in [1.54, 1.807) is 16.2 Å². The average molecular weight is 795 g/mol. The first kappa shape index (κ1) is 38.1. The number of hydrogen-bond acceptors (Lipinski definition) is 11. The summed E-state index contributed by atoms with van der Waals surface area (Å²) in [4.78, 5) is 81.6. The van der Waals surface area contributed by atoms with Gasteiger partial charge in [0.1, 0.15) is 34.3 Å². The van der Waals surface area contributed by atoms with E-state index in [2.05, 4.69) is 26.7 Å². The number of likely N-dealkylation sites (tertiary alicyclic amines) is 2. The van der Waals surface area contributed by atoms with Crippen LogP contribution in [0.5, 0.6) is 0 Å². The highest BCUT2D eigenvalue weighted by Crippen LogP contribution is 2.39. The Hall–Kier alpha value is -5.84. The molecule has 57 heavy (non-hydrogen) atoms. The third kappa shape index (κ3) is 6.97. The molecule has 4 N–H and O–H groups in total. The molecule has 4 amide bonds. The van der Waals surface area contributed by atoms with Gasteiger partial charge in [0.2, 0.25) is 11.8 Å². The third-order valence-corrected chi connectivity index (χ3v) is 12.2. The molecule has 4 aromatic heterocycles. The molecule has 0 saturated carbocycles. The maximum atomic E-state index is 13.7. The summed E-state index contributed by atoms with van der Waals surface area (Å²) in [7, 11) is 2.57. The minimum absolute atomic E-state index is 0.125. The van der Waals surface area contributed by atoms with E-state index in [1.165, 1.54) is 14.2 Å². The van der Waals surface area contributed by atoms with Crippen molar-refractivity contribution >= 4 is 78.5 Å². The molecule has 2 aliphatic heterocycles. The molecule has 8 rings (SSSR count). The zero-order valence-corrected chi connectivity index (χ0v) is 33.5. The highest BCUT2D eigenvalue weighted by atomic mass is 32.1. The Morgan fingerprint density at radius 2 is 1.42 bits per heavy atom. The summed E-state index contributed by atoms with van der Waals surface area (Å²) in [5.74, 6) is 0.796. The highest BCUT2D eigenvalue weighted by Gasteiger charge is 2.39. The number of pyridine rings is 1. The SMILES string of the molecule is COC(=O)N[C@H](C(=O)N1CCC[C@H]1c1nc2c(ccc3nc(-c4ccc5c(cnc6nc([C@@H]7CCCN7C(=O)[C@@H](NC(=O)OC)C(C)C)[nH]c65)c4)sc32)[nH]1)C(C)C. The van der Waals surface area contributed by atoms with Gasteiger partial charge in [-0.15, -0.1) is 11.3 Å². The molecule has 6 aromatic rings. The standard InChI is InChI=1S/C40H46N10O6S/c1-19(2)28(46-39(53)55-5)37(51)49-15-7-9-26(49)33-42-24-13-14-25-32(31(24)45-33)57-36(43-25)21-11-12-23-22(17-21)18-41-35-30(23)44-34(48-35)27-10-8-16-50(27)38(52)29(20(3)4)47-40(54)56-6/h11-14,17-20,26-29H,7-10,15-16H2,1-6H3,(H,42,45)(H,46,53)(H,47,54)(H,41,44,48)/t26-,27-,28-,29-/m0/s1. The van der Waals surface area contributed by atoms with Crippen molar-refractivity contribution < 1.29 is 28.7 Å². The van der Waals surface area contributed by atoms with Gasteiger partial charge in [0.05, 0.1) is 47.6 Å². The molecule has 0 spiro atoms. The van der Waals surface area contributed by atoms with Gasteiger partial charge in [0.25, 0.3) is 0 Å². The predicted octanol–water partition coefficient (Wildman–Crippen LogP) is 6.35. The smallest absolute Gasteiger partial charge is 0.407 e. The molecule has 2 fully saturated rings. The number of carbonyl (C=O) groups excluding carboxylic acids is 4. The second-order valence-corrected chi connectivity index (χ2v) is 16.4. The van der Waals surface area contributed by atoms with Crippen molar-refractivity contribution in [1.29, 1.82) is 0 Å². The van der Waals surface area contributed by atoms with Crippen LogP contribution in [0.4, 0.5) is 9.59 Å². The number of aromatic nitrogens is 6. The minimum Gasteiger partial charge on any atom is -0.453 e. The maximum absolute atomic E-state index is 13.7. The van der Waals surface area contributed by atoms with Gasteiger partial charge in [0, 0.05) is 35.6 Å². The predicted molar refractivity (Wildman–Crippen MR) is 215 cm³/mol. The van der Waals surface area contributed by atoms with Gasteiger partial charge >= 0.3 is 12.2 Å². The van der Waals surface area contributed by atoms with Crippen LogP contribution >= 0.6 is 11.3 Å². The lowest BCUT2D eigenvalue weighted by Crippen LogP contribution is -2.51. The van der Waals surface area contributed by atoms with Crippen LogP contribution < -0.4 is 10.6 Å². The lowest BCUT2D eigenvalue weighted by atomic mass is 10.0. The van der Waals surface area contributed by atoms with Gasteiger partial charge < -0.3 is 39.9 Å². The molecule has 298 valence electrons. The number of ether oxygens (including phenoxy) is 2. The van der Waals surface area contributed by atoms with Crippen LogP contribution in [0.1, 0.15) is 77.1 Å². The Kier molecular flexibility index (Phi) is 10.2. The highest BCUT2D eigenvalue weighted by molar-refractivity contribution is 7.22. The van der Waals surface area contributed by atoms with Crippen molar-refractivity contribution in [2.24, 2.45) is 11.8 Å². The van der Waals surface area contributed by atoms with E-state index < -0.39 is 24.3 Å². The van der Waals surface area contributed by atoms with E-state index in [0.717, 1.165) is 73.8 Å². The molecule has 16 nitrogen and oxygen atoms in total. The number of hydrogen-bond donors (Lipinski definition) is 4. The molecular weight excluding hydrogens is 749 g/mol. The number of benzene rings is 2. The number of carbonyl (C=O) groups is 4. The zero-order chi connectivity index (χ0) is 40.1. The van der Waals surface area contributed by atoms with Crippen molar-refractivity contribution in [3.8, 4) is 10.6 Å². The number of fused-ring (bicyclic) bond motifs is 6.